The number of fused-ring (bicyclic) bond motifs is 1. The number of aryl methyl sites for hydroxylation is 1. The Kier molecular flexibility index (Phi) is 3.86. The maximum absolute atomic E-state index is 6.04. The number of anilines is 1. The number of aromatic nitrogens is 1. The third-order valence-corrected chi connectivity index (χ3v) is 3.71. The van der Waals surface area contributed by atoms with E-state index in [0.717, 1.165) is 28.0 Å². The molecule has 0 amide bonds. The molecule has 1 aromatic carbocycles. The summed E-state index contributed by atoms with van der Waals surface area (Å²) >= 11 is 0. The van der Waals surface area contributed by atoms with Gasteiger partial charge in [0.15, 0.2) is 0 Å². The van der Waals surface area contributed by atoms with Crippen molar-refractivity contribution in [3.05, 3.63) is 30.0 Å². The molecule has 1 aromatic heterocycles. The molecular weight excluding hydrogens is 250 g/mol. The lowest BCUT2D eigenvalue weighted by atomic mass is 10.1. The number of nitrogens with two attached hydrogens (primary N) is 1. The number of benzene rings is 1. The summed E-state index contributed by atoms with van der Waals surface area (Å²) in [4.78, 5) is 6.66. The quantitative estimate of drug-likeness (QED) is 0.870. The van der Waals surface area contributed by atoms with Gasteiger partial charge in [0.05, 0.1) is 5.52 Å². The lowest BCUT2D eigenvalue weighted by molar-refractivity contribution is 0.115. The molecule has 2 aromatic rings. The third kappa shape index (κ3) is 3.02. The molecule has 0 bridgehead atoms. The molecule has 0 unspecified atom stereocenters. The molecule has 4 nitrogen and oxygen atoms in total. The SMILES string of the molecule is Cc1cc(OCC(C)(C)N(C)C)c2cc(N)ccc2n1. The molecule has 0 saturated carbocycles. The number of pyridine rings is 1. The van der Waals surface area contributed by atoms with Crippen molar-refractivity contribution in [2.24, 2.45) is 0 Å². The van der Waals surface area contributed by atoms with Gasteiger partial charge in [0.2, 0.25) is 0 Å². The normalized spacial score (nSPS) is 12.1. The molecule has 1 heterocycles. The molecule has 0 spiro atoms. The molecule has 108 valence electrons. The first kappa shape index (κ1) is 14.6. The largest absolute Gasteiger partial charge is 0.491 e. The van der Waals surface area contributed by atoms with Crippen LogP contribution >= 0.6 is 0 Å². The Labute approximate surface area is 120 Å². The van der Waals surface area contributed by atoms with Crippen LogP contribution in [0.3, 0.4) is 0 Å². The predicted octanol–water partition coefficient (Wildman–Crippen LogP) is 2.84. The lowest BCUT2D eigenvalue weighted by Gasteiger charge is -2.32. The van der Waals surface area contributed by atoms with Crippen LogP contribution in [0.5, 0.6) is 5.75 Å². The standard InChI is InChI=1S/C16H23N3O/c1-11-8-15(20-10-16(2,3)19(4)5)13-9-12(17)6-7-14(13)18-11/h6-9H,10,17H2,1-5H3. The zero-order chi connectivity index (χ0) is 14.9. The van der Waals surface area contributed by atoms with E-state index in [-0.39, 0.29) is 5.54 Å². The van der Waals surface area contributed by atoms with Gasteiger partial charge in [0, 0.05) is 28.4 Å². The highest BCUT2D eigenvalue weighted by Crippen LogP contribution is 2.28. The summed E-state index contributed by atoms with van der Waals surface area (Å²) in [5.74, 6) is 0.842. The van der Waals surface area contributed by atoms with E-state index in [1.807, 2.05) is 31.2 Å². The second kappa shape index (κ2) is 5.29. The first-order chi connectivity index (χ1) is 9.29. The van der Waals surface area contributed by atoms with Crippen molar-refractivity contribution in [3.63, 3.8) is 0 Å². The van der Waals surface area contributed by atoms with Crippen LogP contribution in [0.25, 0.3) is 10.9 Å². The lowest BCUT2D eigenvalue weighted by Crippen LogP contribution is -2.43. The van der Waals surface area contributed by atoms with E-state index < -0.39 is 0 Å². The van der Waals surface area contributed by atoms with Crippen LogP contribution in [0.2, 0.25) is 0 Å². The molecule has 0 saturated heterocycles. The van der Waals surface area contributed by atoms with Crippen LogP contribution in [-0.2, 0) is 0 Å². The van der Waals surface area contributed by atoms with Crippen molar-refractivity contribution in [3.8, 4) is 5.75 Å². The molecule has 0 aliphatic rings. The first-order valence-electron chi connectivity index (χ1n) is 6.77. The van der Waals surface area contributed by atoms with Crippen molar-refractivity contribution < 1.29 is 4.74 Å². The van der Waals surface area contributed by atoms with Crippen LogP contribution in [0.4, 0.5) is 5.69 Å². The van der Waals surface area contributed by atoms with Gasteiger partial charge in [-0.2, -0.15) is 0 Å². The molecule has 0 radical (unpaired) electrons. The fourth-order valence-electron chi connectivity index (χ4n) is 1.84. The fourth-order valence-corrected chi connectivity index (χ4v) is 1.84. The summed E-state index contributed by atoms with van der Waals surface area (Å²) in [5.41, 5.74) is 8.41. The van der Waals surface area contributed by atoms with Gasteiger partial charge < -0.3 is 15.4 Å². The van der Waals surface area contributed by atoms with E-state index in [4.69, 9.17) is 10.5 Å². The van der Waals surface area contributed by atoms with Crippen LogP contribution < -0.4 is 10.5 Å². The third-order valence-electron chi connectivity index (χ3n) is 3.71. The van der Waals surface area contributed by atoms with Gasteiger partial charge in [-0.25, -0.2) is 0 Å². The summed E-state index contributed by atoms with van der Waals surface area (Å²) in [6, 6.07) is 7.68. The highest BCUT2D eigenvalue weighted by Gasteiger charge is 2.21. The number of rotatable bonds is 4. The predicted molar refractivity (Wildman–Crippen MR) is 84.2 cm³/mol. The number of nitrogen functional groups attached to an aromatic ring is 1. The fraction of sp³-hybridized carbons (Fsp3) is 0.438. The molecule has 4 heteroatoms. The Morgan fingerprint density at radius 1 is 1.25 bits per heavy atom. The van der Waals surface area contributed by atoms with Gasteiger partial charge in [0.1, 0.15) is 12.4 Å². The maximum Gasteiger partial charge on any atom is 0.130 e. The number of likely N-dealkylation sites (N-methyl/N-ethyl adjacent to an activating group) is 1. The Balaban J connectivity index is 2.36. The van der Waals surface area contributed by atoms with E-state index in [2.05, 4.69) is 37.8 Å². The second-order valence-corrected chi connectivity index (χ2v) is 6.03. The number of hydrogen-bond donors (Lipinski definition) is 1. The highest BCUT2D eigenvalue weighted by atomic mass is 16.5. The van der Waals surface area contributed by atoms with E-state index in [1.165, 1.54) is 0 Å². The van der Waals surface area contributed by atoms with Gasteiger partial charge in [-0.15, -0.1) is 0 Å². The average molecular weight is 273 g/mol. The molecule has 0 aliphatic heterocycles. The minimum atomic E-state index is -0.0379. The molecular formula is C16H23N3O. The molecule has 0 fully saturated rings. The summed E-state index contributed by atoms with van der Waals surface area (Å²) in [5, 5.41) is 0.963. The summed E-state index contributed by atoms with van der Waals surface area (Å²) in [7, 11) is 4.11. The highest BCUT2D eigenvalue weighted by molar-refractivity contribution is 5.87. The first-order valence-corrected chi connectivity index (χ1v) is 6.77. The second-order valence-electron chi connectivity index (χ2n) is 6.03. The van der Waals surface area contributed by atoms with Crippen LogP contribution in [0, 0.1) is 6.92 Å². The van der Waals surface area contributed by atoms with E-state index in [0.29, 0.717) is 6.61 Å². The van der Waals surface area contributed by atoms with Crippen molar-refractivity contribution in [2.75, 3.05) is 26.4 Å². The topological polar surface area (TPSA) is 51.4 Å². The maximum atomic E-state index is 6.04. The van der Waals surface area contributed by atoms with Crippen LogP contribution in [0.15, 0.2) is 24.3 Å². The smallest absolute Gasteiger partial charge is 0.130 e. The molecule has 0 atom stereocenters. The van der Waals surface area contributed by atoms with Crippen LogP contribution in [-0.4, -0.2) is 36.1 Å². The van der Waals surface area contributed by atoms with Crippen molar-refractivity contribution in [1.82, 2.24) is 9.88 Å². The summed E-state index contributed by atoms with van der Waals surface area (Å²) in [6.45, 7) is 6.88. The van der Waals surface area contributed by atoms with E-state index >= 15 is 0 Å². The van der Waals surface area contributed by atoms with Gasteiger partial charge in [-0.1, -0.05) is 0 Å². The van der Waals surface area contributed by atoms with Gasteiger partial charge in [-0.3, -0.25) is 4.98 Å². The molecule has 0 aliphatic carbocycles. The van der Waals surface area contributed by atoms with Gasteiger partial charge in [-0.05, 0) is 53.1 Å². The van der Waals surface area contributed by atoms with Crippen molar-refractivity contribution in [2.45, 2.75) is 26.3 Å². The summed E-state index contributed by atoms with van der Waals surface area (Å²) in [6.07, 6.45) is 0. The number of nitrogens with zero attached hydrogens (tertiary/aromatic N) is 2. The monoisotopic (exact) mass is 273 g/mol. The molecule has 2 N–H and O–H groups in total. The van der Waals surface area contributed by atoms with Crippen molar-refractivity contribution >= 4 is 16.6 Å². The molecule has 20 heavy (non-hydrogen) atoms. The Morgan fingerprint density at radius 2 is 1.95 bits per heavy atom. The Bertz CT molecular complexity index is 620. The summed E-state index contributed by atoms with van der Waals surface area (Å²) < 4.78 is 6.04. The Morgan fingerprint density at radius 3 is 2.60 bits per heavy atom. The zero-order valence-corrected chi connectivity index (χ0v) is 12.9. The molecule has 2 rings (SSSR count). The van der Waals surface area contributed by atoms with Gasteiger partial charge in [0.25, 0.3) is 0 Å². The van der Waals surface area contributed by atoms with E-state index in [1.54, 1.807) is 0 Å². The number of ether oxygens (including phenoxy) is 1. The average Bonchev–Trinajstić information content (AvgIpc) is 2.36. The van der Waals surface area contributed by atoms with E-state index in [9.17, 15) is 0 Å². The number of hydrogen-bond acceptors (Lipinski definition) is 4. The zero-order valence-electron chi connectivity index (χ0n) is 12.9. The van der Waals surface area contributed by atoms with Crippen molar-refractivity contribution in [1.29, 1.82) is 0 Å². The minimum absolute atomic E-state index is 0.0379. The Hall–Kier alpha value is -1.81. The van der Waals surface area contributed by atoms with Gasteiger partial charge >= 0.3 is 0 Å². The van der Waals surface area contributed by atoms with Crippen LogP contribution in [0.1, 0.15) is 19.5 Å². The minimum Gasteiger partial charge on any atom is -0.491 e.